The Morgan fingerprint density at radius 1 is 1.21 bits per heavy atom. The predicted octanol–water partition coefficient (Wildman–Crippen LogP) is 3.15. The Balaban J connectivity index is 2.27. The Bertz CT molecular complexity index is 785. The van der Waals surface area contributed by atoms with E-state index in [0.717, 1.165) is 22.5 Å². The van der Waals surface area contributed by atoms with E-state index in [1.54, 1.807) is 6.20 Å². The minimum Gasteiger partial charge on any atom is -0.378 e. The molecule has 3 rings (SSSR count). The number of rotatable bonds is 2. The fourth-order valence-electron chi connectivity index (χ4n) is 2.09. The second kappa shape index (κ2) is 4.51. The molecule has 3 aromatic rings. The first-order valence-corrected chi connectivity index (χ1v) is 6.41. The van der Waals surface area contributed by atoms with E-state index in [9.17, 15) is 0 Å². The summed E-state index contributed by atoms with van der Waals surface area (Å²) in [6.07, 6.45) is 1.78. The largest absolute Gasteiger partial charge is 0.378 e. The Morgan fingerprint density at radius 2 is 2.05 bits per heavy atom. The number of anilines is 1. The average Bonchev–Trinajstić information content (AvgIpc) is 2.74. The van der Waals surface area contributed by atoms with Crippen molar-refractivity contribution >= 4 is 29.1 Å². The molecule has 0 bridgehead atoms. The topological polar surface area (TPSA) is 36.9 Å². The Kier molecular flexibility index (Phi) is 2.83. The zero-order chi connectivity index (χ0) is 13.4. The monoisotopic (exact) mass is 270 g/mol. The molecule has 1 aromatic carbocycles. The summed E-state index contributed by atoms with van der Waals surface area (Å²) in [5.74, 6) is 0. The lowest BCUT2D eigenvalue weighted by Gasteiger charge is -2.14. The van der Waals surface area contributed by atoms with Crippen LogP contribution in [0.4, 0.5) is 5.69 Å². The number of benzene rings is 1. The number of hydrogen-bond donors (Lipinski definition) is 1. The first-order chi connectivity index (χ1) is 9.16. The summed E-state index contributed by atoms with van der Waals surface area (Å²) in [7, 11) is 4.04. The van der Waals surface area contributed by atoms with Crippen molar-refractivity contribution in [3.63, 3.8) is 0 Å². The van der Waals surface area contributed by atoms with E-state index in [4.69, 9.17) is 12.2 Å². The highest BCUT2D eigenvalue weighted by molar-refractivity contribution is 7.71. The van der Waals surface area contributed by atoms with Crippen molar-refractivity contribution in [2.45, 2.75) is 0 Å². The third kappa shape index (κ3) is 2.02. The van der Waals surface area contributed by atoms with E-state index in [1.807, 2.05) is 42.9 Å². The first-order valence-electron chi connectivity index (χ1n) is 6.00. The highest BCUT2D eigenvalue weighted by Crippen LogP contribution is 2.21. The van der Waals surface area contributed by atoms with Gasteiger partial charge in [0.25, 0.3) is 0 Å². The van der Waals surface area contributed by atoms with Crippen LogP contribution in [0.1, 0.15) is 0 Å². The molecule has 0 radical (unpaired) electrons. The fraction of sp³-hybridized carbons (Fsp3) is 0.143. The van der Waals surface area contributed by atoms with Gasteiger partial charge >= 0.3 is 0 Å². The van der Waals surface area contributed by atoms with Gasteiger partial charge in [0.05, 0.1) is 11.2 Å². The van der Waals surface area contributed by atoms with Gasteiger partial charge < -0.3 is 9.88 Å². The molecular weight excluding hydrogens is 256 g/mol. The predicted molar refractivity (Wildman–Crippen MR) is 80.6 cm³/mol. The van der Waals surface area contributed by atoms with Crippen molar-refractivity contribution in [1.82, 2.24) is 14.5 Å². The van der Waals surface area contributed by atoms with Crippen molar-refractivity contribution in [2.24, 2.45) is 0 Å². The van der Waals surface area contributed by atoms with Gasteiger partial charge in [-0.15, -0.1) is 0 Å². The second-order valence-electron chi connectivity index (χ2n) is 4.55. The lowest BCUT2D eigenvalue weighted by atomic mass is 10.2. The van der Waals surface area contributed by atoms with E-state index in [1.165, 1.54) is 0 Å². The molecule has 0 unspecified atom stereocenters. The number of nitrogens with one attached hydrogen (secondary N) is 1. The molecule has 1 N–H and O–H groups in total. The Labute approximate surface area is 116 Å². The van der Waals surface area contributed by atoms with Crippen LogP contribution in [-0.4, -0.2) is 28.6 Å². The second-order valence-corrected chi connectivity index (χ2v) is 4.94. The average molecular weight is 270 g/mol. The standard InChI is InChI=1S/C14H14N4S/c1-17(2)10-5-3-6-11(9-10)18-13-12(16-14(18)19)7-4-8-15-13/h3-9H,1-2H3,(H,16,19). The zero-order valence-corrected chi connectivity index (χ0v) is 11.6. The van der Waals surface area contributed by atoms with Crippen LogP contribution in [0.5, 0.6) is 0 Å². The maximum atomic E-state index is 5.40. The molecule has 0 aliphatic heterocycles. The minimum atomic E-state index is 0.657. The fourth-order valence-corrected chi connectivity index (χ4v) is 2.39. The highest BCUT2D eigenvalue weighted by Gasteiger charge is 2.07. The van der Waals surface area contributed by atoms with Gasteiger partial charge in [0.15, 0.2) is 10.4 Å². The Hall–Kier alpha value is -2.14. The van der Waals surface area contributed by atoms with Gasteiger partial charge in [0, 0.05) is 26.0 Å². The van der Waals surface area contributed by atoms with Gasteiger partial charge in [-0.05, 0) is 42.5 Å². The number of pyridine rings is 1. The number of imidazole rings is 1. The SMILES string of the molecule is CN(C)c1cccc(-n2c(=S)[nH]c3cccnc32)c1. The van der Waals surface area contributed by atoms with Gasteiger partial charge in [0.2, 0.25) is 0 Å². The quantitative estimate of drug-likeness (QED) is 0.727. The van der Waals surface area contributed by atoms with Crippen molar-refractivity contribution in [3.8, 4) is 5.69 Å². The van der Waals surface area contributed by atoms with Crippen LogP contribution in [-0.2, 0) is 0 Å². The summed E-state index contributed by atoms with van der Waals surface area (Å²) >= 11 is 5.40. The van der Waals surface area contributed by atoms with Crippen LogP contribution in [0.3, 0.4) is 0 Å². The van der Waals surface area contributed by atoms with Crippen molar-refractivity contribution in [2.75, 3.05) is 19.0 Å². The summed E-state index contributed by atoms with van der Waals surface area (Å²) in [6, 6.07) is 12.1. The van der Waals surface area contributed by atoms with Gasteiger partial charge in [-0.1, -0.05) is 6.07 Å². The first kappa shape index (κ1) is 11.9. The molecule has 0 atom stereocenters. The third-order valence-corrected chi connectivity index (χ3v) is 3.33. The molecule has 4 nitrogen and oxygen atoms in total. The van der Waals surface area contributed by atoms with E-state index in [-0.39, 0.29) is 0 Å². The Morgan fingerprint density at radius 3 is 2.84 bits per heavy atom. The number of fused-ring (bicyclic) bond motifs is 1. The van der Waals surface area contributed by atoms with Crippen molar-refractivity contribution in [3.05, 3.63) is 47.4 Å². The van der Waals surface area contributed by atoms with Crippen molar-refractivity contribution in [1.29, 1.82) is 0 Å². The van der Waals surface area contributed by atoms with Crippen LogP contribution in [0.15, 0.2) is 42.6 Å². The lowest BCUT2D eigenvalue weighted by molar-refractivity contribution is 1.04. The number of nitrogens with zero attached hydrogens (tertiary/aromatic N) is 3. The van der Waals surface area contributed by atoms with E-state index < -0.39 is 0 Å². The molecular formula is C14H14N4S. The third-order valence-electron chi connectivity index (χ3n) is 3.05. The molecule has 0 saturated carbocycles. The number of H-pyrrole nitrogens is 1. The van der Waals surface area contributed by atoms with Crippen LogP contribution < -0.4 is 4.90 Å². The summed E-state index contributed by atoms with van der Waals surface area (Å²) in [6.45, 7) is 0. The van der Waals surface area contributed by atoms with Crippen LogP contribution >= 0.6 is 12.2 Å². The molecule has 0 fully saturated rings. The van der Waals surface area contributed by atoms with Crippen LogP contribution in [0.25, 0.3) is 16.9 Å². The molecule has 0 spiro atoms. The maximum Gasteiger partial charge on any atom is 0.183 e. The molecule has 2 heterocycles. The van der Waals surface area contributed by atoms with Crippen LogP contribution in [0.2, 0.25) is 0 Å². The molecule has 0 saturated heterocycles. The number of aromatic nitrogens is 3. The molecule has 0 aliphatic rings. The zero-order valence-electron chi connectivity index (χ0n) is 10.8. The lowest BCUT2D eigenvalue weighted by Crippen LogP contribution is -2.09. The summed E-state index contributed by atoms with van der Waals surface area (Å²) in [5.41, 5.74) is 3.94. The molecule has 0 aliphatic carbocycles. The smallest absolute Gasteiger partial charge is 0.183 e. The molecule has 96 valence electrons. The van der Waals surface area contributed by atoms with Gasteiger partial charge in [-0.3, -0.25) is 4.57 Å². The number of hydrogen-bond acceptors (Lipinski definition) is 3. The molecule has 5 heteroatoms. The minimum absolute atomic E-state index is 0.657. The molecule has 19 heavy (non-hydrogen) atoms. The normalized spacial score (nSPS) is 10.8. The van der Waals surface area contributed by atoms with E-state index in [2.05, 4.69) is 27.0 Å². The van der Waals surface area contributed by atoms with Gasteiger partial charge in [0.1, 0.15) is 0 Å². The van der Waals surface area contributed by atoms with E-state index in [0.29, 0.717) is 4.77 Å². The molecule has 0 amide bonds. The summed E-state index contributed by atoms with van der Waals surface area (Å²) in [4.78, 5) is 9.65. The van der Waals surface area contributed by atoms with E-state index >= 15 is 0 Å². The van der Waals surface area contributed by atoms with Gasteiger partial charge in [-0.2, -0.15) is 0 Å². The summed E-state index contributed by atoms with van der Waals surface area (Å²) in [5, 5.41) is 0. The number of aromatic amines is 1. The highest BCUT2D eigenvalue weighted by atomic mass is 32.1. The van der Waals surface area contributed by atoms with Crippen molar-refractivity contribution < 1.29 is 0 Å². The van der Waals surface area contributed by atoms with Crippen LogP contribution in [0, 0.1) is 4.77 Å². The maximum absolute atomic E-state index is 5.40. The summed E-state index contributed by atoms with van der Waals surface area (Å²) < 4.78 is 2.61. The van der Waals surface area contributed by atoms with Gasteiger partial charge in [-0.25, -0.2) is 4.98 Å². The molecule has 2 aromatic heterocycles.